The van der Waals surface area contributed by atoms with E-state index < -0.39 is 0 Å². The van der Waals surface area contributed by atoms with E-state index in [0.29, 0.717) is 38.1 Å². The highest BCUT2D eigenvalue weighted by Gasteiger charge is 2.32. The Kier molecular flexibility index (Phi) is 5.01. The highest BCUT2D eigenvalue weighted by Crippen LogP contribution is 2.32. The van der Waals surface area contributed by atoms with E-state index in [0.717, 1.165) is 0 Å². The van der Waals surface area contributed by atoms with E-state index in [1.807, 2.05) is 0 Å². The molecule has 0 fully saturated rings. The lowest BCUT2D eigenvalue weighted by Gasteiger charge is -2.12. The number of halogens is 2. The number of nitrogens with zero attached hydrogens (tertiary/aromatic N) is 2. The first-order valence-electron chi connectivity index (χ1n) is 8.60. The number of rotatable bonds is 3. The predicted octanol–water partition coefficient (Wildman–Crippen LogP) is 5.24. The SMILES string of the molecule is O=C1C(=Cc2cccc(O)c2)C(c2ccc(O)cc2)=NN1c1cc(Cl)cc(Cl)c1. The van der Waals surface area contributed by atoms with Gasteiger partial charge in [-0.25, -0.2) is 0 Å². The lowest BCUT2D eigenvalue weighted by Crippen LogP contribution is -2.21. The molecular weight excluding hydrogens is 411 g/mol. The zero-order valence-corrected chi connectivity index (χ0v) is 16.4. The molecule has 0 bridgehead atoms. The minimum absolute atomic E-state index is 0.0893. The second kappa shape index (κ2) is 7.62. The average molecular weight is 425 g/mol. The third kappa shape index (κ3) is 3.97. The normalized spacial score (nSPS) is 15.1. The van der Waals surface area contributed by atoms with Crippen LogP contribution in [0, 0.1) is 0 Å². The Morgan fingerprint density at radius 1 is 0.862 bits per heavy atom. The van der Waals surface area contributed by atoms with Crippen molar-refractivity contribution in [2.24, 2.45) is 5.10 Å². The Morgan fingerprint density at radius 2 is 1.55 bits per heavy atom. The third-order valence-corrected chi connectivity index (χ3v) is 4.73. The third-order valence-electron chi connectivity index (χ3n) is 4.29. The standard InChI is InChI=1S/C22H14Cl2N2O3/c23-15-10-16(24)12-17(11-15)26-22(29)20(9-13-2-1-3-19(28)8-13)21(25-26)14-4-6-18(27)7-5-14/h1-12,27-28H. The molecule has 144 valence electrons. The van der Waals surface area contributed by atoms with Gasteiger partial charge in [-0.3, -0.25) is 4.79 Å². The maximum absolute atomic E-state index is 13.2. The molecule has 4 rings (SSSR count). The van der Waals surface area contributed by atoms with Gasteiger partial charge in [-0.05, 0) is 66.2 Å². The summed E-state index contributed by atoms with van der Waals surface area (Å²) in [5.41, 5.74) is 2.49. The van der Waals surface area contributed by atoms with Crippen LogP contribution in [-0.2, 0) is 4.79 Å². The van der Waals surface area contributed by atoms with E-state index >= 15 is 0 Å². The lowest BCUT2D eigenvalue weighted by molar-refractivity contribution is -0.114. The van der Waals surface area contributed by atoms with E-state index in [-0.39, 0.29) is 17.4 Å². The minimum atomic E-state index is -0.366. The number of phenolic OH excluding ortho intramolecular Hbond substituents is 2. The number of carbonyl (C=O) groups excluding carboxylic acids is 1. The van der Waals surface area contributed by atoms with E-state index in [9.17, 15) is 15.0 Å². The number of hydrazone groups is 1. The summed E-state index contributed by atoms with van der Waals surface area (Å²) >= 11 is 12.2. The van der Waals surface area contributed by atoms with E-state index in [1.54, 1.807) is 60.7 Å². The van der Waals surface area contributed by atoms with Gasteiger partial charge in [0.2, 0.25) is 0 Å². The van der Waals surface area contributed by atoms with E-state index in [1.165, 1.54) is 17.1 Å². The topological polar surface area (TPSA) is 73.1 Å². The summed E-state index contributed by atoms with van der Waals surface area (Å²) < 4.78 is 0. The van der Waals surface area contributed by atoms with Crippen molar-refractivity contribution in [3.05, 3.63) is 93.5 Å². The van der Waals surface area contributed by atoms with Crippen LogP contribution in [-0.4, -0.2) is 21.8 Å². The van der Waals surface area contributed by atoms with Crippen LogP contribution in [0.25, 0.3) is 6.08 Å². The van der Waals surface area contributed by atoms with E-state index in [4.69, 9.17) is 23.2 Å². The van der Waals surface area contributed by atoms with Gasteiger partial charge in [0.15, 0.2) is 0 Å². The highest BCUT2D eigenvalue weighted by atomic mass is 35.5. The van der Waals surface area contributed by atoms with Gasteiger partial charge in [-0.2, -0.15) is 10.1 Å². The Labute approximate surface area is 176 Å². The van der Waals surface area contributed by atoms with Gasteiger partial charge in [0.1, 0.15) is 17.2 Å². The molecule has 1 heterocycles. The summed E-state index contributed by atoms with van der Waals surface area (Å²) in [5, 5.41) is 25.8. The van der Waals surface area contributed by atoms with Crippen molar-refractivity contribution < 1.29 is 15.0 Å². The quantitative estimate of drug-likeness (QED) is 0.564. The van der Waals surface area contributed by atoms with Crippen molar-refractivity contribution in [3.8, 4) is 11.5 Å². The number of anilines is 1. The Hall–Kier alpha value is -3.28. The van der Waals surface area contributed by atoms with Crippen molar-refractivity contribution in [1.82, 2.24) is 0 Å². The molecule has 0 spiro atoms. The van der Waals surface area contributed by atoms with Gasteiger partial charge >= 0.3 is 0 Å². The molecule has 0 unspecified atom stereocenters. The van der Waals surface area contributed by atoms with Crippen LogP contribution < -0.4 is 5.01 Å². The summed E-state index contributed by atoms with van der Waals surface area (Å²) in [7, 11) is 0. The lowest BCUT2D eigenvalue weighted by atomic mass is 10.00. The first-order chi connectivity index (χ1) is 13.9. The number of hydrogen-bond donors (Lipinski definition) is 2. The van der Waals surface area contributed by atoms with Crippen molar-refractivity contribution in [1.29, 1.82) is 0 Å². The van der Waals surface area contributed by atoms with E-state index in [2.05, 4.69) is 5.10 Å². The monoisotopic (exact) mass is 424 g/mol. The van der Waals surface area contributed by atoms with Crippen molar-refractivity contribution in [3.63, 3.8) is 0 Å². The summed E-state index contributed by atoms with van der Waals surface area (Å²) in [4.78, 5) is 13.2. The Morgan fingerprint density at radius 3 is 2.21 bits per heavy atom. The number of aromatic hydroxyl groups is 2. The molecule has 0 saturated carbocycles. The van der Waals surface area contributed by atoms with Gasteiger partial charge in [0, 0.05) is 15.6 Å². The summed E-state index contributed by atoms with van der Waals surface area (Å²) in [6, 6.07) is 17.7. The van der Waals surface area contributed by atoms with Crippen molar-refractivity contribution in [2.45, 2.75) is 0 Å². The highest BCUT2D eigenvalue weighted by molar-refractivity contribution is 6.38. The second-order valence-corrected chi connectivity index (χ2v) is 7.27. The molecule has 1 aliphatic rings. The van der Waals surface area contributed by atoms with Crippen molar-refractivity contribution in [2.75, 3.05) is 5.01 Å². The smallest absolute Gasteiger partial charge is 0.281 e. The van der Waals surface area contributed by atoms with Crippen LogP contribution in [0.3, 0.4) is 0 Å². The van der Waals surface area contributed by atoms with Crippen molar-refractivity contribution >= 4 is 46.6 Å². The molecule has 0 saturated heterocycles. The fraction of sp³-hybridized carbons (Fsp3) is 0. The minimum Gasteiger partial charge on any atom is -0.508 e. The molecule has 3 aromatic rings. The number of hydrogen-bond acceptors (Lipinski definition) is 4. The number of amides is 1. The molecule has 0 atom stereocenters. The van der Waals surface area contributed by atoms with Crippen LogP contribution in [0.1, 0.15) is 11.1 Å². The first kappa shape index (κ1) is 19.1. The predicted molar refractivity (Wildman–Crippen MR) is 115 cm³/mol. The van der Waals surface area contributed by atoms with Gasteiger partial charge < -0.3 is 10.2 Å². The number of phenols is 2. The molecule has 7 heteroatoms. The zero-order valence-electron chi connectivity index (χ0n) is 14.9. The zero-order chi connectivity index (χ0) is 20.5. The molecule has 2 N–H and O–H groups in total. The van der Waals surface area contributed by atoms with Gasteiger partial charge in [0.05, 0.1) is 11.3 Å². The van der Waals surface area contributed by atoms with Crippen LogP contribution >= 0.6 is 23.2 Å². The van der Waals surface area contributed by atoms with Gasteiger partial charge in [-0.1, -0.05) is 35.3 Å². The molecule has 0 aromatic heterocycles. The van der Waals surface area contributed by atoms with Crippen LogP contribution in [0.15, 0.2) is 77.4 Å². The molecule has 3 aromatic carbocycles. The average Bonchev–Trinajstić information content (AvgIpc) is 2.98. The van der Waals surface area contributed by atoms with Crippen LogP contribution in [0.4, 0.5) is 5.69 Å². The molecule has 5 nitrogen and oxygen atoms in total. The maximum atomic E-state index is 13.2. The Balaban J connectivity index is 1.85. The summed E-state index contributed by atoms with van der Waals surface area (Å²) in [6.07, 6.45) is 1.65. The first-order valence-corrected chi connectivity index (χ1v) is 9.36. The molecule has 1 aliphatic heterocycles. The number of carbonyl (C=O) groups is 1. The molecule has 0 aliphatic carbocycles. The summed E-state index contributed by atoms with van der Waals surface area (Å²) in [6.45, 7) is 0. The van der Waals surface area contributed by atoms with Gasteiger partial charge in [-0.15, -0.1) is 0 Å². The molecule has 29 heavy (non-hydrogen) atoms. The maximum Gasteiger partial charge on any atom is 0.281 e. The van der Waals surface area contributed by atoms with Crippen LogP contribution in [0.5, 0.6) is 11.5 Å². The van der Waals surface area contributed by atoms with Gasteiger partial charge in [0.25, 0.3) is 5.91 Å². The second-order valence-electron chi connectivity index (χ2n) is 6.39. The molecule has 1 amide bonds. The molecular formula is C22H14Cl2N2O3. The fourth-order valence-electron chi connectivity index (χ4n) is 3.00. The fourth-order valence-corrected chi connectivity index (χ4v) is 3.51. The molecule has 0 radical (unpaired) electrons. The summed E-state index contributed by atoms with van der Waals surface area (Å²) in [5.74, 6) is -0.170. The Bertz CT molecular complexity index is 1150. The largest absolute Gasteiger partial charge is 0.508 e. The van der Waals surface area contributed by atoms with Crippen LogP contribution in [0.2, 0.25) is 10.0 Å². The number of benzene rings is 3.